The van der Waals surface area contributed by atoms with E-state index in [1.807, 2.05) is 0 Å². The van der Waals surface area contributed by atoms with Crippen LogP contribution in [0.3, 0.4) is 0 Å². The average Bonchev–Trinajstić information content (AvgIpc) is 4.12. The molecule has 0 saturated heterocycles. The van der Waals surface area contributed by atoms with Crippen LogP contribution in [-0.4, -0.2) is 62.9 Å². The Morgan fingerprint density at radius 2 is 0.831 bits per heavy atom. The van der Waals surface area contributed by atoms with Gasteiger partial charge in [0.15, 0.2) is 57.8 Å². The molecular weight excluding hydrogens is 856 g/mol. The van der Waals surface area contributed by atoms with Crippen LogP contribution in [0.25, 0.3) is 0 Å². The first-order chi connectivity index (χ1) is 30.7. The molecule has 0 atom stereocenters. The van der Waals surface area contributed by atoms with Crippen LogP contribution in [0.4, 0.5) is 0 Å². The van der Waals surface area contributed by atoms with Crippen LogP contribution in [0.15, 0.2) is 114 Å². The summed E-state index contributed by atoms with van der Waals surface area (Å²) < 4.78 is 20.3. The molecule has 0 radical (unpaired) electrons. The van der Waals surface area contributed by atoms with Gasteiger partial charge in [0.2, 0.25) is 0 Å². The van der Waals surface area contributed by atoms with Crippen LogP contribution in [0.5, 0.6) is 0 Å². The Kier molecular flexibility index (Phi) is 20.1. The van der Waals surface area contributed by atoms with Gasteiger partial charge in [-0.25, -0.2) is 0 Å². The Bertz CT molecular complexity index is 2260. The molecule has 4 aromatic heterocycles. The summed E-state index contributed by atoms with van der Waals surface area (Å²) in [7, 11) is 0. The van der Waals surface area contributed by atoms with Crippen LogP contribution in [-0.2, 0) is 73.6 Å². The molecule has 3 fully saturated rings. The van der Waals surface area contributed by atoms with Crippen molar-refractivity contribution in [3.05, 3.63) is 119 Å². The van der Waals surface area contributed by atoms with Crippen molar-refractivity contribution in [2.24, 2.45) is 11.8 Å². The topological polar surface area (TPSA) is 267 Å². The first-order valence-electron chi connectivity index (χ1n) is 20.9. The number of ketones is 10. The van der Waals surface area contributed by atoms with E-state index >= 15 is 0 Å². The van der Waals surface area contributed by atoms with E-state index in [0.717, 1.165) is 5.76 Å². The monoisotopic (exact) mass is 902 g/mol. The smallest absolute Gasteiger partial charge is 0.875 e. The second-order valence-corrected chi connectivity index (χ2v) is 15.3. The third-order valence-corrected chi connectivity index (χ3v) is 10.8. The molecule has 336 valence electrons. The standard InChI is InChI=1S/4C12H12O4.Na/c4*13-9(4-3-8-2-1-7-16-8)12-10(14)5-6-11(12)15;/h1-2,7,14H,3-6H2;1-2,7,13H,3-6H2;2*1-2,7,12H,3-6H2;/q;;;;+1/p-1. The fourth-order valence-corrected chi connectivity index (χ4v) is 7.37. The molecule has 4 aliphatic rings. The van der Waals surface area contributed by atoms with Gasteiger partial charge in [0.05, 0.1) is 30.6 Å². The number of aliphatic hydroxyl groups is 1. The maximum atomic E-state index is 11.7. The summed E-state index contributed by atoms with van der Waals surface area (Å²) in [6.45, 7) is 0. The maximum Gasteiger partial charge on any atom is 1.00 e. The normalized spacial score (nSPS) is 16.2. The first kappa shape index (κ1) is 51.5. The minimum absolute atomic E-state index is 0. The molecule has 1 N–H and O–H groups in total. The van der Waals surface area contributed by atoms with Crippen LogP contribution >= 0.6 is 0 Å². The average molecular weight is 903 g/mol. The number of furan rings is 4. The molecule has 17 heteroatoms. The molecular formula is C48H47NaO16. The molecule has 0 bridgehead atoms. The SMILES string of the molecule is O=C1CCC(=O)C1=C(O)CCc1ccco1.O=C1CCC(=O)C1C(=O)CCc1ccco1.O=C1CCC(=O)C1C(=O)CCc1ccco1.O=C1CCC([O-])=C1C(=O)CCc1ccco1.[Na+]. The fraction of sp³-hybridized carbons (Fsp3) is 0.375. The Morgan fingerprint density at radius 3 is 1.15 bits per heavy atom. The molecule has 0 spiro atoms. The molecule has 0 aromatic carbocycles. The Balaban J connectivity index is 0.000000189. The Labute approximate surface area is 395 Å². The van der Waals surface area contributed by atoms with E-state index < -0.39 is 11.8 Å². The molecule has 4 heterocycles. The number of Topliss-reactive ketones (excluding diaryl/α,β-unsaturated/α-hetero) is 10. The molecule has 4 aliphatic carbocycles. The summed E-state index contributed by atoms with van der Waals surface area (Å²) in [6, 6.07) is 14.1. The predicted molar refractivity (Wildman–Crippen MR) is 219 cm³/mol. The van der Waals surface area contributed by atoms with Gasteiger partial charge in [0.1, 0.15) is 40.6 Å². The van der Waals surface area contributed by atoms with Gasteiger partial charge in [0.25, 0.3) is 0 Å². The van der Waals surface area contributed by atoms with Crippen molar-refractivity contribution in [2.75, 3.05) is 0 Å². The van der Waals surface area contributed by atoms with Gasteiger partial charge in [0, 0.05) is 102 Å². The molecule has 16 nitrogen and oxygen atoms in total. The van der Waals surface area contributed by atoms with E-state index in [4.69, 9.17) is 17.7 Å². The Hall–Kier alpha value is -6.10. The molecule has 65 heavy (non-hydrogen) atoms. The van der Waals surface area contributed by atoms with Crippen molar-refractivity contribution < 1.29 is 105 Å². The maximum absolute atomic E-state index is 11.7. The number of rotatable bonds is 15. The molecule has 3 saturated carbocycles. The molecule has 0 amide bonds. The molecule has 8 rings (SSSR count). The Morgan fingerprint density at radius 1 is 0.492 bits per heavy atom. The third-order valence-electron chi connectivity index (χ3n) is 10.8. The summed E-state index contributed by atoms with van der Waals surface area (Å²) in [6.07, 6.45) is 10.4. The largest absolute Gasteiger partial charge is 1.00 e. The molecule has 0 unspecified atom stereocenters. The molecule has 4 aromatic rings. The van der Waals surface area contributed by atoms with Crippen molar-refractivity contribution in [3.8, 4) is 0 Å². The van der Waals surface area contributed by atoms with E-state index in [-0.39, 0.29) is 187 Å². The number of carbonyl (C=O) groups excluding carboxylic acids is 10. The van der Waals surface area contributed by atoms with Crippen LogP contribution < -0.4 is 34.7 Å². The van der Waals surface area contributed by atoms with E-state index in [0.29, 0.717) is 43.0 Å². The number of aliphatic hydroxyl groups excluding tert-OH is 1. The van der Waals surface area contributed by atoms with Gasteiger partial charge < -0.3 is 27.9 Å². The van der Waals surface area contributed by atoms with Gasteiger partial charge in [-0.1, -0.05) is 0 Å². The van der Waals surface area contributed by atoms with E-state index in [9.17, 15) is 58.2 Å². The van der Waals surface area contributed by atoms with Crippen molar-refractivity contribution in [1.82, 2.24) is 0 Å². The van der Waals surface area contributed by atoms with E-state index in [1.54, 1.807) is 54.8 Å². The number of allylic oxidation sites excluding steroid dienone is 4. The summed E-state index contributed by atoms with van der Waals surface area (Å²) in [5.41, 5.74) is -0.127. The van der Waals surface area contributed by atoms with Crippen molar-refractivity contribution in [2.45, 2.75) is 103 Å². The van der Waals surface area contributed by atoms with Crippen LogP contribution in [0.2, 0.25) is 0 Å². The number of hydrogen-bond donors (Lipinski definition) is 1. The van der Waals surface area contributed by atoms with Crippen LogP contribution in [0, 0.1) is 11.8 Å². The van der Waals surface area contributed by atoms with E-state index in [1.165, 1.54) is 18.8 Å². The first-order valence-corrected chi connectivity index (χ1v) is 20.9. The van der Waals surface area contributed by atoms with Gasteiger partial charge >= 0.3 is 29.6 Å². The van der Waals surface area contributed by atoms with E-state index in [2.05, 4.69) is 0 Å². The minimum Gasteiger partial charge on any atom is -0.875 e. The van der Waals surface area contributed by atoms with Gasteiger partial charge in [-0.2, -0.15) is 0 Å². The van der Waals surface area contributed by atoms with Crippen molar-refractivity contribution in [1.29, 1.82) is 0 Å². The van der Waals surface area contributed by atoms with Gasteiger partial charge in [-0.3, -0.25) is 47.9 Å². The fourth-order valence-electron chi connectivity index (χ4n) is 7.37. The summed E-state index contributed by atoms with van der Waals surface area (Å²) in [4.78, 5) is 114. The summed E-state index contributed by atoms with van der Waals surface area (Å²) in [5, 5.41) is 21.0. The zero-order chi connectivity index (χ0) is 46.2. The zero-order valence-corrected chi connectivity index (χ0v) is 38.0. The number of hydrogen-bond acceptors (Lipinski definition) is 16. The second kappa shape index (κ2) is 25.4. The summed E-state index contributed by atoms with van der Waals surface area (Å²) in [5.74, 6) is -2.21. The van der Waals surface area contributed by atoms with Crippen molar-refractivity contribution >= 4 is 57.8 Å². The van der Waals surface area contributed by atoms with Gasteiger partial charge in [-0.05, 0) is 55.0 Å². The summed E-state index contributed by atoms with van der Waals surface area (Å²) >= 11 is 0. The zero-order valence-electron chi connectivity index (χ0n) is 36.0. The predicted octanol–water partition coefficient (Wildman–Crippen LogP) is 2.38. The number of aryl methyl sites for hydroxylation is 4. The molecule has 0 aliphatic heterocycles. The van der Waals surface area contributed by atoms with Crippen molar-refractivity contribution in [3.63, 3.8) is 0 Å². The van der Waals surface area contributed by atoms with Gasteiger partial charge in [-0.15, -0.1) is 5.76 Å². The minimum atomic E-state index is -0.991. The van der Waals surface area contributed by atoms with Crippen LogP contribution in [0.1, 0.15) is 100 Å². The quantitative estimate of drug-likeness (QED) is 0.0590. The second-order valence-electron chi connectivity index (χ2n) is 15.3. The number of carbonyl (C=O) groups is 10. The third kappa shape index (κ3) is 15.0.